The SMILES string of the molecule is NC(=NCCc1ccccc1F)N1CCN(c2nccs2)CC1. The summed E-state index contributed by atoms with van der Waals surface area (Å²) in [5.41, 5.74) is 6.74. The van der Waals surface area contributed by atoms with Gasteiger partial charge in [0.05, 0.1) is 0 Å². The van der Waals surface area contributed by atoms with E-state index in [1.165, 1.54) is 6.07 Å². The van der Waals surface area contributed by atoms with Gasteiger partial charge in [0.15, 0.2) is 11.1 Å². The Labute approximate surface area is 139 Å². The summed E-state index contributed by atoms with van der Waals surface area (Å²) in [5.74, 6) is 0.360. The van der Waals surface area contributed by atoms with E-state index in [9.17, 15) is 4.39 Å². The Hall–Kier alpha value is -2.15. The predicted octanol–water partition coefficient (Wildman–Crippen LogP) is 1.96. The number of nitrogens with two attached hydrogens (primary N) is 1. The Morgan fingerprint density at radius 3 is 2.74 bits per heavy atom. The van der Waals surface area contributed by atoms with Crippen molar-refractivity contribution in [1.82, 2.24) is 9.88 Å². The van der Waals surface area contributed by atoms with Crippen LogP contribution < -0.4 is 10.6 Å². The minimum atomic E-state index is -0.182. The van der Waals surface area contributed by atoms with Crippen molar-refractivity contribution in [3.8, 4) is 0 Å². The van der Waals surface area contributed by atoms with Gasteiger partial charge in [-0.1, -0.05) is 18.2 Å². The molecule has 1 aromatic carbocycles. The zero-order valence-corrected chi connectivity index (χ0v) is 13.7. The lowest BCUT2D eigenvalue weighted by Crippen LogP contribution is -2.51. The number of piperazine rings is 1. The Bertz CT molecular complexity index is 650. The van der Waals surface area contributed by atoms with Gasteiger partial charge >= 0.3 is 0 Å². The molecule has 1 saturated heterocycles. The number of halogens is 1. The van der Waals surface area contributed by atoms with Crippen molar-refractivity contribution in [1.29, 1.82) is 0 Å². The summed E-state index contributed by atoms with van der Waals surface area (Å²) in [7, 11) is 0. The first-order valence-corrected chi connectivity index (χ1v) is 8.55. The van der Waals surface area contributed by atoms with Crippen LogP contribution in [0.5, 0.6) is 0 Å². The first-order chi connectivity index (χ1) is 11.2. The van der Waals surface area contributed by atoms with Crippen molar-refractivity contribution in [3.63, 3.8) is 0 Å². The number of aromatic nitrogens is 1. The van der Waals surface area contributed by atoms with E-state index in [1.54, 1.807) is 23.5 Å². The highest BCUT2D eigenvalue weighted by molar-refractivity contribution is 7.13. The molecule has 3 rings (SSSR count). The Balaban J connectivity index is 1.49. The molecule has 0 radical (unpaired) electrons. The van der Waals surface area contributed by atoms with E-state index in [0.717, 1.165) is 31.3 Å². The molecule has 23 heavy (non-hydrogen) atoms. The van der Waals surface area contributed by atoms with Crippen molar-refractivity contribution in [3.05, 3.63) is 47.2 Å². The van der Waals surface area contributed by atoms with Crippen molar-refractivity contribution < 1.29 is 4.39 Å². The molecule has 0 atom stereocenters. The van der Waals surface area contributed by atoms with E-state index in [2.05, 4.69) is 19.8 Å². The van der Waals surface area contributed by atoms with Gasteiger partial charge in [0.1, 0.15) is 5.82 Å². The number of rotatable bonds is 4. The highest BCUT2D eigenvalue weighted by Crippen LogP contribution is 2.18. The summed E-state index contributed by atoms with van der Waals surface area (Å²) < 4.78 is 13.5. The number of benzene rings is 1. The van der Waals surface area contributed by atoms with Crippen LogP contribution in [-0.4, -0.2) is 48.6 Å². The van der Waals surface area contributed by atoms with Crippen LogP contribution in [0.4, 0.5) is 9.52 Å². The van der Waals surface area contributed by atoms with Gasteiger partial charge < -0.3 is 15.5 Å². The second-order valence-corrected chi connectivity index (χ2v) is 6.24. The number of anilines is 1. The quantitative estimate of drug-likeness (QED) is 0.686. The summed E-state index contributed by atoms with van der Waals surface area (Å²) >= 11 is 1.65. The normalized spacial score (nSPS) is 16.0. The van der Waals surface area contributed by atoms with Crippen molar-refractivity contribution in [2.45, 2.75) is 6.42 Å². The Kier molecular flexibility index (Phi) is 5.07. The van der Waals surface area contributed by atoms with Crippen LogP contribution in [0, 0.1) is 5.82 Å². The molecule has 1 fully saturated rings. The van der Waals surface area contributed by atoms with Gasteiger partial charge in [-0.2, -0.15) is 0 Å². The third-order valence-corrected chi connectivity index (χ3v) is 4.74. The van der Waals surface area contributed by atoms with E-state index < -0.39 is 0 Å². The fraction of sp³-hybridized carbons (Fsp3) is 0.375. The fourth-order valence-electron chi connectivity index (χ4n) is 2.59. The zero-order valence-electron chi connectivity index (χ0n) is 12.9. The molecule has 2 heterocycles. The van der Waals surface area contributed by atoms with Crippen molar-refractivity contribution >= 4 is 22.4 Å². The van der Waals surface area contributed by atoms with Crippen LogP contribution in [-0.2, 0) is 6.42 Å². The maximum Gasteiger partial charge on any atom is 0.191 e. The molecule has 0 aliphatic carbocycles. The molecule has 2 aromatic rings. The lowest BCUT2D eigenvalue weighted by molar-refractivity contribution is 0.380. The molecule has 2 N–H and O–H groups in total. The second kappa shape index (κ2) is 7.41. The lowest BCUT2D eigenvalue weighted by Gasteiger charge is -2.35. The van der Waals surface area contributed by atoms with Gasteiger partial charge in [-0.15, -0.1) is 11.3 Å². The molecular weight excluding hydrogens is 313 g/mol. The Morgan fingerprint density at radius 2 is 2.04 bits per heavy atom. The minimum absolute atomic E-state index is 0.182. The molecule has 122 valence electrons. The van der Waals surface area contributed by atoms with Crippen molar-refractivity contribution in [2.75, 3.05) is 37.6 Å². The van der Waals surface area contributed by atoms with E-state index in [-0.39, 0.29) is 5.82 Å². The monoisotopic (exact) mass is 333 g/mol. The van der Waals surface area contributed by atoms with Crippen LogP contribution in [0.2, 0.25) is 0 Å². The number of nitrogens with zero attached hydrogens (tertiary/aromatic N) is 4. The number of hydrogen-bond acceptors (Lipinski definition) is 4. The highest BCUT2D eigenvalue weighted by Gasteiger charge is 2.19. The molecule has 0 amide bonds. The predicted molar refractivity (Wildman–Crippen MR) is 92.5 cm³/mol. The van der Waals surface area contributed by atoms with Crippen LogP contribution in [0.1, 0.15) is 5.56 Å². The number of guanidine groups is 1. The molecule has 1 aromatic heterocycles. The number of thiazole rings is 1. The molecule has 7 heteroatoms. The summed E-state index contributed by atoms with van der Waals surface area (Å²) in [6.45, 7) is 3.93. The number of aliphatic imine (C=N–C) groups is 1. The van der Waals surface area contributed by atoms with Gasteiger partial charge in [0.25, 0.3) is 0 Å². The average Bonchev–Trinajstić information content (AvgIpc) is 3.11. The molecule has 5 nitrogen and oxygen atoms in total. The van der Waals surface area contributed by atoms with Gasteiger partial charge in [-0.25, -0.2) is 9.37 Å². The standard InChI is InChI=1S/C16H20FN5S/c17-14-4-2-1-3-13(14)5-6-19-15(18)21-8-10-22(11-9-21)16-20-7-12-23-16/h1-4,7,12H,5-6,8-11H2,(H2,18,19). The van der Waals surface area contributed by atoms with Gasteiger partial charge in [-0.05, 0) is 18.1 Å². The van der Waals surface area contributed by atoms with E-state index in [0.29, 0.717) is 24.5 Å². The first-order valence-electron chi connectivity index (χ1n) is 7.67. The van der Waals surface area contributed by atoms with Gasteiger partial charge in [-0.3, -0.25) is 4.99 Å². The molecule has 0 bridgehead atoms. The van der Waals surface area contributed by atoms with E-state index in [4.69, 9.17) is 5.73 Å². The first kappa shape index (κ1) is 15.7. The minimum Gasteiger partial charge on any atom is -0.370 e. The molecule has 1 aliphatic heterocycles. The largest absolute Gasteiger partial charge is 0.370 e. The zero-order chi connectivity index (χ0) is 16.1. The smallest absolute Gasteiger partial charge is 0.191 e. The van der Waals surface area contributed by atoms with Crippen molar-refractivity contribution in [2.24, 2.45) is 10.7 Å². The third-order valence-electron chi connectivity index (χ3n) is 3.91. The maximum atomic E-state index is 13.5. The highest BCUT2D eigenvalue weighted by atomic mass is 32.1. The summed E-state index contributed by atoms with van der Waals surface area (Å²) in [6, 6.07) is 6.79. The van der Waals surface area contributed by atoms with Gasteiger partial charge in [0, 0.05) is 44.3 Å². The van der Waals surface area contributed by atoms with E-state index in [1.807, 2.05) is 17.6 Å². The number of hydrogen-bond donors (Lipinski definition) is 1. The van der Waals surface area contributed by atoms with Crippen LogP contribution in [0.15, 0.2) is 40.8 Å². The second-order valence-electron chi connectivity index (χ2n) is 5.37. The molecule has 0 spiro atoms. The summed E-state index contributed by atoms with van der Waals surface area (Å²) in [6.07, 6.45) is 2.39. The molecular formula is C16H20FN5S. The lowest BCUT2D eigenvalue weighted by atomic mass is 10.1. The molecule has 1 aliphatic rings. The van der Waals surface area contributed by atoms with Crippen LogP contribution in [0.25, 0.3) is 0 Å². The topological polar surface area (TPSA) is 57.8 Å². The maximum absolute atomic E-state index is 13.5. The average molecular weight is 333 g/mol. The van der Waals surface area contributed by atoms with Crippen LogP contribution in [0.3, 0.4) is 0 Å². The summed E-state index contributed by atoms with van der Waals surface area (Å²) in [5, 5.41) is 3.04. The summed E-state index contributed by atoms with van der Waals surface area (Å²) in [4.78, 5) is 13.1. The van der Waals surface area contributed by atoms with E-state index >= 15 is 0 Å². The van der Waals surface area contributed by atoms with Gasteiger partial charge in [0.2, 0.25) is 0 Å². The Morgan fingerprint density at radius 1 is 1.26 bits per heavy atom. The molecule has 0 unspecified atom stereocenters. The molecule has 0 saturated carbocycles. The fourth-order valence-corrected chi connectivity index (χ4v) is 3.29. The third kappa shape index (κ3) is 3.98. The van der Waals surface area contributed by atoms with Crippen LogP contribution >= 0.6 is 11.3 Å².